The van der Waals surface area contributed by atoms with Crippen molar-refractivity contribution in [1.82, 2.24) is 0 Å². The van der Waals surface area contributed by atoms with Crippen molar-refractivity contribution in [3.8, 4) is 6.07 Å². The first kappa shape index (κ1) is 18.6. The Kier molecular flexibility index (Phi) is 12.9. The number of rotatable bonds is 2. The van der Waals surface area contributed by atoms with Crippen LogP contribution in [0.2, 0.25) is 0 Å². The van der Waals surface area contributed by atoms with Crippen LogP contribution in [0.15, 0.2) is 0 Å². The second-order valence-corrected chi connectivity index (χ2v) is 4.16. The van der Waals surface area contributed by atoms with Crippen LogP contribution in [-0.4, -0.2) is 52.9 Å². The second-order valence-electron chi connectivity index (χ2n) is 3.11. The van der Waals surface area contributed by atoms with Gasteiger partial charge >= 0.3 is 0 Å². The number of likely N-dealkylation sites (N-methyl/N-ethyl adjacent to an activating group) is 1. The van der Waals surface area contributed by atoms with Gasteiger partial charge in [-0.2, -0.15) is 5.26 Å². The molecule has 8 heteroatoms. The molecular formula is C9H20N2O5S. The first-order valence-electron chi connectivity index (χ1n) is 5.17. The van der Waals surface area contributed by atoms with Gasteiger partial charge in [0.15, 0.2) is 0 Å². The lowest BCUT2D eigenvalue weighted by Gasteiger charge is -2.18. The molecular weight excluding hydrogens is 248 g/mol. The molecule has 0 spiro atoms. The number of nitrogens with one attached hydrogen (secondary N) is 1. The highest BCUT2D eigenvalue weighted by molar-refractivity contribution is 7.80. The zero-order valence-electron chi connectivity index (χ0n) is 10.4. The maximum atomic E-state index is 9.45. The lowest BCUT2D eigenvalue weighted by molar-refractivity contribution is -0.888. The maximum absolute atomic E-state index is 9.45. The summed E-state index contributed by atoms with van der Waals surface area (Å²) in [5.41, 5.74) is 0. The SMILES string of the molecule is CC#N.CCOS(=O)(=O)[O-].C[NH+]1CCOCC1. The van der Waals surface area contributed by atoms with Crippen LogP contribution in [-0.2, 0) is 19.3 Å². The molecule has 1 fully saturated rings. The predicted octanol–water partition coefficient (Wildman–Crippen LogP) is -1.46. The fraction of sp³-hybridized carbons (Fsp3) is 0.889. The van der Waals surface area contributed by atoms with Crippen LogP contribution >= 0.6 is 0 Å². The van der Waals surface area contributed by atoms with Crippen LogP contribution in [0, 0.1) is 11.3 Å². The highest BCUT2D eigenvalue weighted by Gasteiger charge is 2.05. The normalized spacial score (nSPS) is 15.7. The van der Waals surface area contributed by atoms with Crippen molar-refractivity contribution in [2.75, 3.05) is 40.0 Å². The van der Waals surface area contributed by atoms with Crippen LogP contribution in [0.5, 0.6) is 0 Å². The minimum Gasteiger partial charge on any atom is -0.726 e. The Labute approximate surface area is 103 Å². The molecule has 1 rings (SSSR count). The van der Waals surface area contributed by atoms with Gasteiger partial charge in [-0.25, -0.2) is 8.42 Å². The largest absolute Gasteiger partial charge is 0.726 e. The zero-order chi connectivity index (χ0) is 13.7. The van der Waals surface area contributed by atoms with Crippen molar-refractivity contribution in [1.29, 1.82) is 5.26 Å². The van der Waals surface area contributed by atoms with Crippen LogP contribution in [0.4, 0.5) is 0 Å². The molecule has 0 aromatic heterocycles. The Balaban J connectivity index is 0. The maximum Gasteiger partial charge on any atom is 0.217 e. The van der Waals surface area contributed by atoms with E-state index in [9.17, 15) is 13.0 Å². The quantitative estimate of drug-likeness (QED) is 0.485. The zero-order valence-corrected chi connectivity index (χ0v) is 11.2. The number of quaternary nitrogens is 1. The van der Waals surface area contributed by atoms with Crippen LogP contribution in [0.25, 0.3) is 0 Å². The second kappa shape index (κ2) is 11.8. The van der Waals surface area contributed by atoms with Crippen molar-refractivity contribution >= 4 is 10.4 Å². The summed E-state index contributed by atoms with van der Waals surface area (Å²) >= 11 is 0. The van der Waals surface area contributed by atoms with Gasteiger partial charge in [0.2, 0.25) is 10.4 Å². The number of morpholine rings is 1. The number of ether oxygens (including phenoxy) is 1. The first-order chi connectivity index (χ1) is 7.87. The molecule has 1 saturated heterocycles. The summed E-state index contributed by atoms with van der Waals surface area (Å²) in [5, 5.41) is 7.32. The number of nitriles is 1. The van der Waals surface area contributed by atoms with Crippen molar-refractivity contribution in [3.05, 3.63) is 0 Å². The Hall–Kier alpha value is -0.720. The number of hydrogen-bond donors (Lipinski definition) is 1. The van der Waals surface area contributed by atoms with Crippen molar-refractivity contribution in [2.45, 2.75) is 13.8 Å². The van der Waals surface area contributed by atoms with E-state index >= 15 is 0 Å². The summed E-state index contributed by atoms with van der Waals surface area (Å²) in [6.45, 7) is 7.03. The minimum absolute atomic E-state index is 0.0914. The standard InChI is InChI=1S/C5H11NO.C2H3N.C2H6O4S/c1-6-2-4-7-5-3-6;1-2-3;1-2-6-7(3,4)5/h2-5H2,1H3;1H3;2H2,1H3,(H,3,4,5). The van der Waals surface area contributed by atoms with E-state index < -0.39 is 10.4 Å². The van der Waals surface area contributed by atoms with Gasteiger partial charge in [-0.15, -0.1) is 0 Å². The molecule has 1 aliphatic rings. The Morgan fingerprint density at radius 2 is 1.88 bits per heavy atom. The summed E-state index contributed by atoms with van der Waals surface area (Å²) in [6.07, 6.45) is 0. The van der Waals surface area contributed by atoms with Gasteiger partial charge < -0.3 is 14.2 Å². The Morgan fingerprint density at radius 3 is 2.00 bits per heavy atom. The first-order valence-corrected chi connectivity index (χ1v) is 6.50. The third kappa shape index (κ3) is 21.2. The van der Waals surface area contributed by atoms with Gasteiger partial charge in [-0.1, -0.05) is 0 Å². The highest BCUT2D eigenvalue weighted by atomic mass is 32.3. The monoisotopic (exact) mass is 268 g/mol. The van der Waals surface area contributed by atoms with E-state index in [4.69, 9.17) is 10.00 Å². The van der Waals surface area contributed by atoms with Crippen LogP contribution in [0.1, 0.15) is 13.8 Å². The van der Waals surface area contributed by atoms with Gasteiger partial charge in [0.05, 0.1) is 32.9 Å². The van der Waals surface area contributed by atoms with E-state index in [0.717, 1.165) is 13.2 Å². The number of nitrogens with zero attached hydrogens (tertiary/aromatic N) is 1. The molecule has 0 unspecified atom stereocenters. The highest BCUT2D eigenvalue weighted by Crippen LogP contribution is 1.80. The summed E-state index contributed by atoms with van der Waals surface area (Å²) in [4.78, 5) is 1.59. The van der Waals surface area contributed by atoms with Crippen molar-refractivity contribution in [2.24, 2.45) is 0 Å². The lowest BCUT2D eigenvalue weighted by atomic mass is 10.5. The van der Waals surface area contributed by atoms with Gasteiger partial charge in [0.25, 0.3) is 0 Å². The fourth-order valence-electron chi connectivity index (χ4n) is 0.864. The molecule has 17 heavy (non-hydrogen) atoms. The molecule has 102 valence electrons. The van der Waals surface area contributed by atoms with Crippen molar-refractivity contribution in [3.63, 3.8) is 0 Å². The molecule has 0 atom stereocenters. The topological polar surface area (TPSA) is 104 Å². The Morgan fingerprint density at radius 1 is 1.47 bits per heavy atom. The lowest BCUT2D eigenvalue weighted by Crippen LogP contribution is -3.11. The van der Waals surface area contributed by atoms with E-state index in [1.54, 1.807) is 11.0 Å². The van der Waals surface area contributed by atoms with E-state index in [1.165, 1.54) is 26.9 Å². The van der Waals surface area contributed by atoms with Gasteiger partial charge in [0, 0.05) is 6.92 Å². The molecule has 0 aliphatic carbocycles. The minimum atomic E-state index is -4.42. The average molecular weight is 268 g/mol. The van der Waals surface area contributed by atoms with E-state index in [2.05, 4.69) is 11.2 Å². The van der Waals surface area contributed by atoms with E-state index in [0.29, 0.717) is 0 Å². The van der Waals surface area contributed by atoms with Gasteiger partial charge in [0.1, 0.15) is 13.1 Å². The molecule has 1 heterocycles. The molecule has 0 amide bonds. The smallest absolute Gasteiger partial charge is 0.217 e. The fourth-order valence-corrected chi connectivity index (χ4v) is 1.15. The molecule has 7 nitrogen and oxygen atoms in total. The van der Waals surface area contributed by atoms with E-state index in [-0.39, 0.29) is 6.61 Å². The van der Waals surface area contributed by atoms with Gasteiger partial charge in [-0.3, -0.25) is 4.18 Å². The molecule has 0 radical (unpaired) electrons. The average Bonchev–Trinajstić information content (AvgIpc) is 2.19. The van der Waals surface area contributed by atoms with Gasteiger partial charge in [-0.05, 0) is 6.92 Å². The molecule has 0 bridgehead atoms. The van der Waals surface area contributed by atoms with Crippen LogP contribution in [0.3, 0.4) is 0 Å². The molecule has 1 aliphatic heterocycles. The summed E-state index contributed by atoms with van der Waals surface area (Å²) in [6, 6.07) is 1.75. The summed E-state index contributed by atoms with van der Waals surface area (Å²) < 4.78 is 37.1. The van der Waals surface area contributed by atoms with Crippen molar-refractivity contribution < 1.29 is 26.8 Å². The molecule has 1 N–H and O–H groups in total. The molecule has 0 saturated carbocycles. The molecule has 0 aromatic carbocycles. The van der Waals surface area contributed by atoms with E-state index in [1.807, 2.05) is 0 Å². The summed E-state index contributed by atoms with van der Waals surface area (Å²) in [7, 11) is -2.23. The third-order valence-corrected chi connectivity index (χ3v) is 2.13. The predicted molar refractivity (Wildman–Crippen MR) is 60.0 cm³/mol. The third-order valence-electron chi connectivity index (χ3n) is 1.61. The number of hydrogen-bond acceptors (Lipinski definition) is 6. The molecule has 0 aromatic rings. The Bertz CT molecular complexity index is 293. The summed E-state index contributed by atoms with van der Waals surface area (Å²) in [5.74, 6) is 0. The van der Waals surface area contributed by atoms with Crippen LogP contribution < -0.4 is 4.90 Å².